The first-order chi connectivity index (χ1) is 15.0. The van der Waals surface area contributed by atoms with E-state index in [4.69, 9.17) is 0 Å². The Bertz CT molecular complexity index is 1490. The lowest BCUT2D eigenvalue weighted by Crippen LogP contribution is -2.29. The topological polar surface area (TPSA) is 62.0 Å². The first-order valence-corrected chi connectivity index (χ1v) is 11.3. The van der Waals surface area contributed by atoms with Gasteiger partial charge in [0.2, 0.25) is 10.0 Å². The average molecular weight is 431 g/mol. The summed E-state index contributed by atoms with van der Waals surface area (Å²) in [7, 11) is -3.90. The van der Waals surface area contributed by atoms with E-state index >= 15 is 0 Å². The van der Waals surface area contributed by atoms with Crippen LogP contribution in [0.15, 0.2) is 102 Å². The molecule has 0 unspecified atom stereocenters. The number of H-pyrrole nitrogens is 1. The minimum absolute atomic E-state index is 0.206. The Morgan fingerprint density at radius 2 is 1.45 bits per heavy atom. The first kappa shape index (κ1) is 19.5. The van der Waals surface area contributed by atoms with Gasteiger partial charge in [0.1, 0.15) is 5.82 Å². The molecule has 31 heavy (non-hydrogen) atoms. The van der Waals surface area contributed by atoms with E-state index < -0.39 is 16.1 Å². The molecule has 1 aromatic heterocycles. The molecule has 0 fully saturated rings. The van der Waals surface area contributed by atoms with Crippen LogP contribution in [0.25, 0.3) is 21.7 Å². The van der Waals surface area contributed by atoms with E-state index in [-0.39, 0.29) is 10.7 Å². The van der Waals surface area contributed by atoms with E-state index in [1.165, 1.54) is 12.1 Å². The Morgan fingerprint density at radius 3 is 2.26 bits per heavy atom. The number of hydrogen-bond donors (Lipinski definition) is 2. The van der Waals surface area contributed by atoms with Crippen LogP contribution in [0.1, 0.15) is 17.2 Å². The van der Waals surface area contributed by atoms with Gasteiger partial charge in [-0.1, -0.05) is 66.7 Å². The van der Waals surface area contributed by atoms with Crippen molar-refractivity contribution in [3.8, 4) is 0 Å². The molecule has 5 aromatic rings. The highest BCUT2D eigenvalue weighted by Gasteiger charge is 2.26. The summed E-state index contributed by atoms with van der Waals surface area (Å²) < 4.78 is 43.5. The van der Waals surface area contributed by atoms with Gasteiger partial charge in [-0.15, -0.1) is 0 Å². The van der Waals surface area contributed by atoms with Gasteiger partial charge in [-0.2, -0.15) is 4.72 Å². The standard InChI is InChI=1S/C25H19FN2O2S/c26-19-14-12-18(13-15-19)25(22-16-27-23-10-4-3-9-21(22)23)28-31(29,30)24-11-5-7-17-6-1-2-8-20(17)24/h1-16,25,27-28H/t25-/m0/s1. The quantitative estimate of drug-likeness (QED) is 0.385. The van der Waals surface area contributed by atoms with Gasteiger partial charge in [0.05, 0.1) is 10.9 Å². The Labute approximate surface area is 179 Å². The minimum Gasteiger partial charge on any atom is -0.361 e. The molecule has 6 heteroatoms. The maximum atomic E-state index is 13.6. The van der Waals surface area contributed by atoms with Gasteiger partial charge in [0, 0.05) is 22.5 Å². The normalized spacial score (nSPS) is 12.9. The van der Waals surface area contributed by atoms with Crippen molar-refractivity contribution in [1.29, 1.82) is 0 Å². The summed E-state index contributed by atoms with van der Waals surface area (Å²) in [4.78, 5) is 3.40. The lowest BCUT2D eigenvalue weighted by Gasteiger charge is -2.20. The molecule has 0 saturated heterocycles. The van der Waals surface area contributed by atoms with Crippen molar-refractivity contribution < 1.29 is 12.8 Å². The van der Waals surface area contributed by atoms with Crippen LogP contribution >= 0.6 is 0 Å². The number of para-hydroxylation sites is 1. The number of rotatable bonds is 5. The largest absolute Gasteiger partial charge is 0.361 e. The van der Waals surface area contributed by atoms with Crippen LogP contribution in [-0.2, 0) is 10.0 Å². The highest BCUT2D eigenvalue weighted by molar-refractivity contribution is 7.89. The van der Waals surface area contributed by atoms with Gasteiger partial charge in [-0.05, 0) is 40.8 Å². The second kappa shape index (κ2) is 7.65. The molecule has 5 rings (SSSR count). The highest BCUT2D eigenvalue weighted by Crippen LogP contribution is 2.32. The molecule has 154 valence electrons. The molecule has 2 N–H and O–H groups in total. The lowest BCUT2D eigenvalue weighted by atomic mass is 9.99. The molecular formula is C25H19FN2O2S. The van der Waals surface area contributed by atoms with Crippen molar-refractivity contribution in [2.24, 2.45) is 0 Å². The Balaban J connectivity index is 1.66. The lowest BCUT2D eigenvalue weighted by molar-refractivity contribution is 0.573. The third-order valence-corrected chi connectivity index (χ3v) is 6.93. The first-order valence-electron chi connectivity index (χ1n) is 9.84. The van der Waals surface area contributed by atoms with E-state index in [0.29, 0.717) is 10.9 Å². The fourth-order valence-electron chi connectivity index (χ4n) is 3.95. The number of nitrogens with one attached hydrogen (secondary N) is 2. The van der Waals surface area contributed by atoms with Gasteiger partial charge in [0.15, 0.2) is 0 Å². The highest BCUT2D eigenvalue weighted by atomic mass is 32.2. The Morgan fingerprint density at radius 1 is 0.774 bits per heavy atom. The molecule has 4 nitrogen and oxygen atoms in total. The zero-order valence-corrected chi connectivity index (χ0v) is 17.2. The van der Waals surface area contributed by atoms with Crippen molar-refractivity contribution in [2.75, 3.05) is 0 Å². The van der Waals surface area contributed by atoms with Gasteiger partial charge in [-0.25, -0.2) is 12.8 Å². The molecule has 1 atom stereocenters. The summed E-state index contributed by atoms with van der Waals surface area (Å²) >= 11 is 0. The third kappa shape index (κ3) is 3.60. The monoisotopic (exact) mass is 430 g/mol. The van der Waals surface area contributed by atoms with Gasteiger partial charge in [0.25, 0.3) is 0 Å². The molecule has 4 aromatic carbocycles. The van der Waals surface area contributed by atoms with E-state index in [0.717, 1.165) is 21.9 Å². The van der Waals surface area contributed by atoms with E-state index in [9.17, 15) is 12.8 Å². The van der Waals surface area contributed by atoms with Crippen molar-refractivity contribution in [2.45, 2.75) is 10.9 Å². The summed E-state index contributed by atoms with van der Waals surface area (Å²) in [5.74, 6) is -0.377. The molecule has 0 aliphatic rings. The van der Waals surface area contributed by atoms with Crippen molar-refractivity contribution in [3.63, 3.8) is 0 Å². The summed E-state index contributed by atoms with van der Waals surface area (Å²) in [6, 6.07) is 25.4. The molecule has 0 spiro atoms. The molecule has 1 heterocycles. The Hall–Kier alpha value is -3.48. The molecule has 0 aliphatic heterocycles. The van der Waals surface area contributed by atoms with Crippen LogP contribution in [0, 0.1) is 5.82 Å². The SMILES string of the molecule is O=S(=O)(N[C@@H](c1ccc(F)cc1)c1c[nH]c2ccccc12)c1cccc2ccccc12. The van der Waals surface area contributed by atoms with Crippen molar-refractivity contribution in [3.05, 3.63) is 114 Å². The number of sulfonamides is 1. The van der Waals surface area contributed by atoms with E-state index in [2.05, 4.69) is 9.71 Å². The predicted molar refractivity (Wildman–Crippen MR) is 121 cm³/mol. The second-order valence-corrected chi connectivity index (χ2v) is 9.06. The average Bonchev–Trinajstić information content (AvgIpc) is 3.22. The van der Waals surface area contributed by atoms with Crippen LogP contribution in [0.4, 0.5) is 4.39 Å². The van der Waals surface area contributed by atoms with Crippen molar-refractivity contribution >= 4 is 31.7 Å². The number of fused-ring (bicyclic) bond motifs is 2. The van der Waals surface area contributed by atoms with Gasteiger partial charge < -0.3 is 4.98 Å². The fourth-order valence-corrected chi connectivity index (χ4v) is 5.38. The third-order valence-electron chi connectivity index (χ3n) is 5.45. The number of hydrogen-bond acceptors (Lipinski definition) is 2. The molecule has 0 saturated carbocycles. The summed E-state index contributed by atoms with van der Waals surface area (Å²) in [5, 5.41) is 2.39. The molecule has 0 aliphatic carbocycles. The summed E-state index contributed by atoms with van der Waals surface area (Å²) in [6.45, 7) is 0. The van der Waals surface area contributed by atoms with Gasteiger partial charge >= 0.3 is 0 Å². The number of aromatic nitrogens is 1. The number of aromatic amines is 1. The minimum atomic E-state index is -3.90. The summed E-state index contributed by atoms with van der Waals surface area (Å²) in [5.41, 5.74) is 2.31. The van der Waals surface area contributed by atoms with Crippen LogP contribution in [0.2, 0.25) is 0 Å². The van der Waals surface area contributed by atoms with E-state index in [1.54, 1.807) is 36.5 Å². The number of halogens is 1. The Kier molecular flexibility index (Phi) is 4.81. The van der Waals surface area contributed by atoms with E-state index in [1.807, 2.05) is 48.5 Å². The van der Waals surface area contributed by atoms with Crippen LogP contribution < -0.4 is 4.72 Å². The second-order valence-electron chi connectivity index (χ2n) is 7.37. The summed E-state index contributed by atoms with van der Waals surface area (Å²) in [6.07, 6.45) is 1.80. The zero-order valence-electron chi connectivity index (χ0n) is 16.4. The maximum Gasteiger partial charge on any atom is 0.242 e. The molecule has 0 amide bonds. The van der Waals surface area contributed by atoms with Crippen molar-refractivity contribution in [1.82, 2.24) is 9.71 Å². The molecule has 0 bridgehead atoms. The molecular weight excluding hydrogens is 411 g/mol. The van der Waals surface area contributed by atoms with Crippen LogP contribution in [-0.4, -0.2) is 13.4 Å². The van der Waals surface area contributed by atoms with Crippen LogP contribution in [0.3, 0.4) is 0 Å². The van der Waals surface area contributed by atoms with Crippen LogP contribution in [0.5, 0.6) is 0 Å². The predicted octanol–water partition coefficient (Wildman–Crippen LogP) is 5.53. The fraction of sp³-hybridized carbons (Fsp3) is 0.0400. The zero-order chi connectivity index (χ0) is 21.4. The smallest absolute Gasteiger partial charge is 0.242 e. The van der Waals surface area contributed by atoms with Gasteiger partial charge in [-0.3, -0.25) is 0 Å². The maximum absolute atomic E-state index is 13.6. The number of benzene rings is 4. The molecule has 0 radical (unpaired) electrons.